The summed E-state index contributed by atoms with van der Waals surface area (Å²) in [6, 6.07) is 6.08. The SMILES string of the molecule is CC1C2CN(CC3CC3)CCC1(C)c1cc(O)ccc12. The molecule has 2 fully saturated rings. The van der Waals surface area contributed by atoms with Gasteiger partial charge >= 0.3 is 0 Å². The molecule has 2 heteroatoms. The first-order valence-electron chi connectivity index (χ1n) is 8.13. The summed E-state index contributed by atoms with van der Waals surface area (Å²) >= 11 is 0. The summed E-state index contributed by atoms with van der Waals surface area (Å²) in [6.45, 7) is 8.58. The van der Waals surface area contributed by atoms with E-state index in [-0.39, 0.29) is 5.41 Å². The Morgan fingerprint density at radius 1 is 1.35 bits per heavy atom. The van der Waals surface area contributed by atoms with Crippen molar-refractivity contribution in [3.05, 3.63) is 29.3 Å². The highest BCUT2D eigenvalue weighted by molar-refractivity contribution is 5.48. The summed E-state index contributed by atoms with van der Waals surface area (Å²) in [5, 5.41) is 9.86. The molecule has 4 rings (SSSR count). The van der Waals surface area contributed by atoms with Crippen molar-refractivity contribution in [2.75, 3.05) is 19.6 Å². The molecule has 2 nitrogen and oxygen atoms in total. The first kappa shape index (κ1) is 12.7. The maximum Gasteiger partial charge on any atom is 0.115 e. The average molecular weight is 271 g/mol. The first-order chi connectivity index (χ1) is 9.58. The Balaban J connectivity index is 1.70. The van der Waals surface area contributed by atoms with E-state index in [9.17, 15) is 5.11 Å². The van der Waals surface area contributed by atoms with E-state index in [2.05, 4.69) is 24.8 Å². The van der Waals surface area contributed by atoms with Crippen LogP contribution in [0.2, 0.25) is 0 Å². The van der Waals surface area contributed by atoms with Crippen molar-refractivity contribution < 1.29 is 5.11 Å². The van der Waals surface area contributed by atoms with Crippen LogP contribution in [0.1, 0.15) is 50.2 Å². The van der Waals surface area contributed by atoms with E-state index in [0.717, 1.165) is 5.92 Å². The average Bonchev–Trinajstić information content (AvgIpc) is 3.21. The lowest BCUT2D eigenvalue weighted by molar-refractivity contribution is 0.253. The van der Waals surface area contributed by atoms with E-state index in [0.29, 0.717) is 17.6 Å². The molecule has 108 valence electrons. The summed E-state index contributed by atoms with van der Waals surface area (Å²) in [4.78, 5) is 2.71. The van der Waals surface area contributed by atoms with Crippen LogP contribution in [0, 0.1) is 11.8 Å². The summed E-state index contributed by atoms with van der Waals surface area (Å²) in [5.41, 5.74) is 3.16. The monoisotopic (exact) mass is 271 g/mol. The Kier molecular flexibility index (Phi) is 2.69. The Labute approximate surface area is 121 Å². The number of likely N-dealkylation sites (tertiary alicyclic amines) is 1. The van der Waals surface area contributed by atoms with Crippen molar-refractivity contribution in [1.82, 2.24) is 4.90 Å². The van der Waals surface area contributed by atoms with Gasteiger partial charge in [0.2, 0.25) is 0 Å². The van der Waals surface area contributed by atoms with Crippen LogP contribution in [0.3, 0.4) is 0 Å². The first-order valence-corrected chi connectivity index (χ1v) is 8.13. The summed E-state index contributed by atoms with van der Waals surface area (Å²) < 4.78 is 0. The van der Waals surface area contributed by atoms with Crippen LogP contribution in [0.5, 0.6) is 5.75 Å². The number of phenolic OH excluding ortho intramolecular Hbond substituents is 1. The molecule has 1 saturated carbocycles. The number of fused-ring (bicyclic) bond motifs is 5. The highest BCUT2D eigenvalue weighted by Crippen LogP contribution is 2.54. The van der Waals surface area contributed by atoms with Gasteiger partial charge in [0.1, 0.15) is 5.75 Å². The van der Waals surface area contributed by atoms with E-state index < -0.39 is 0 Å². The number of nitrogens with zero attached hydrogens (tertiary/aromatic N) is 1. The number of aromatic hydroxyl groups is 1. The molecule has 1 aromatic carbocycles. The molecule has 0 spiro atoms. The maximum atomic E-state index is 9.86. The van der Waals surface area contributed by atoms with Gasteiger partial charge in [0.05, 0.1) is 0 Å². The predicted molar refractivity (Wildman–Crippen MR) is 81.1 cm³/mol. The van der Waals surface area contributed by atoms with Crippen molar-refractivity contribution >= 4 is 0 Å². The van der Waals surface area contributed by atoms with Crippen LogP contribution in [-0.2, 0) is 5.41 Å². The van der Waals surface area contributed by atoms with Gasteiger partial charge in [0, 0.05) is 19.0 Å². The lowest BCUT2D eigenvalue weighted by atomic mass is 9.74. The Bertz CT molecular complexity index is 536. The predicted octanol–water partition coefficient (Wildman–Crippen LogP) is 3.50. The zero-order chi connectivity index (χ0) is 13.9. The zero-order valence-electron chi connectivity index (χ0n) is 12.6. The van der Waals surface area contributed by atoms with Crippen molar-refractivity contribution in [2.45, 2.75) is 44.4 Å². The molecule has 0 amide bonds. The van der Waals surface area contributed by atoms with Crippen LogP contribution in [0.4, 0.5) is 0 Å². The van der Waals surface area contributed by atoms with Crippen LogP contribution in [0.15, 0.2) is 18.2 Å². The van der Waals surface area contributed by atoms with Gasteiger partial charge in [-0.2, -0.15) is 0 Å². The lowest BCUT2D eigenvalue weighted by Crippen LogP contribution is -2.32. The number of benzene rings is 1. The quantitative estimate of drug-likeness (QED) is 0.890. The largest absolute Gasteiger partial charge is 0.508 e. The normalized spacial score (nSPS) is 36.7. The van der Waals surface area contributed by atoms with E-state index in [1.54, 1.807) is 0 Å². The third kappa shape index (κ3) is 1.81. The highest BCUT2D eigenvalue weighted by Gasteiger charge is 2.49. The van der Waals surface area contributed by atoms with Crippen LogP contribution in [-0.4, -0.2) is 29.6 Å². The van der Waals surface area contributed by atoms with Gasteiger partial charge in [-0.15, -0.1) is 0 Å². The zero-order valence-corrected chi connectivity index (χ0v) is 12.6. The number of rotatable bonds is 2. The molecule has 1 aromatic rings. The van der Waals surface area contributed by atoms with Crippen molar-refractivity contribution in [3.63, 3.8) is 0 Å². The van der Waals surface area contributed by atoms with E-state index in [1.807, 2.05) is 12.1 Å². The molecule has 0 aromatic heterocycles. The Morgan fingerprint density at radius 2 is 2.15 bits per heavy atom. The second-order valence-corrected chi connectivity index (χ2v) is 7.54. The van der Waals surface area contributed by atoms with Gasteiger partial charge < -0.3 is 10.0 Å². The second-order valence-electron chi connectivity index (χ2n) is 7.54. The topological polar surface area (TPSA) is 23.5 Å². The molecule has 1 N–H and O–H groups in total. The third-order valence-corrected chi connectivity index (χ3v) is 6.28. The van der Waals surface area contributed by atoms with Crippen LogP contribution in [0.25, 0.3) is 0 Å². The highest BCUT2D eigenvalue weighted by atomic mass is 16.3. The molecule has 1 saturated heterocycles. The van der Waals surface area contributed by atoms with Crippen molar-refractivity contribution in [3.8, 4) is 5.75 Å². The van der Waals surface area contributed by atoms with Gasteiger partial charge in [0.15, 0.2) is 0 Å². The van der Waals surface area contributed by atoms with Gasteiger partial charge in [-0.25, -0.2) is 0 Å². The molecule has 3 atom stereocenters. The van der Waals surface area contributed by atoms with Crippen LogP contribution >= 0.6 is 0 Å². The van der Waals surface area contributed by atoms with E-state index in [1.165, 1.54) is 50.0 Å². The maximum absolute atomic E-state index is 9.86. The molecular formula is C18H25NO. The van der Waals surface area contributed by atoms with E-state index >= 15 is 0 Å². The van der Waals surface area contributed by atoms with Crippen molar-refractivity contribution in [1.29, 1.82) is 0 Å². The minimum Gasteiger partial charge on any atom is -0.508 e. The molecule has 1 aliphatic heterocycles. The number of hydrogen-bond donors (Lipinski definition) is 1. The molecule has 0 radical (unpaired) electrons. The summed E-state index contributed by atoms with van der Waals surface area (Å²) in [7, 11) is 0. The second kappa shape index (κ2) is 4.24. The van der Waals surface area contributed by atoms with Crippen LogP contribution < -0.4 is 0 Å². The minimum absolute atomic E-state index is 0.247. The lowest BCUT2D eigenvalue weighted by Gasteiger charge is -2.31. The standard InChI is InChI=1S/C18H25NO/c1-12-16-11-19(10-13-3-4-13)8-7-18(12,2)17-9-14(20)5-6-15(16)17/h5-6,9,12-13,16,20H,3-4,7-8,10-11H2,1-2H3. The molecular weight excluding hydrogens is 246 g/mol. The van der Waals surface area contributed by atoms with E-state index in [4.69, 9.17) is 0 Å². The van der Waals surface area contributed by atoms with Gasteiger partial charge in [0.25, 0.3) is 0 Å². The third-order valence-electron chi connectivity index (χ3n) is 6.28. The summed E-state index contributed by atoms with van der Waals surface area (Å²) in [6.07, 6.45) is 4.12. The fraction of sp³-hybridized carbons (Fsp3) is 0.667. The smallest absolute Gasteiger partial charge is 0.115 e. The summed E-state index contributed by atoms with van der Waals surface area (Å²) in [5.74, 6) is 2.74. The number of phenols is 1. The molecule has 20 heavy (non-hydrogen) atoms. The number of hydrogen-bond acceptors (Lipinski definition) is 2. The molecule has 2 bridgehead atoms. The van der Waals surface area contributed by atoms with Gasteiger partial charge in [-0.3, -0.25) is 0 Å². The molecule has 2 aliphatic carbocycles. The van der Waals surface area contributed by atoms with Crippen molar-refractivity contribution in [2.24, 2.45) is 11.8 Å². The minimum atomic E-state index is 0.247. The Hall–Kier alpha value is -1.02. The molecule has 3 unspecified atom stereocenters. The molecule has 3 aliphatic rings. The molecule has 1 heterocycles. The van der Waals surface area contributed by atoms with Gasteiger partial charge in [-0.05, 0) is 66.3 Å². The van der Waals surface area contributed by atoms with Gasteiger partial charge in [-0.1, -0.05) is 19.9 Å². The fourth-order valence-corrected chi connectivity index (χ4v) is 4.53. The fourth-order valence-electron chi connectivity index (χ4n) is 4.53. The Morgan fingerprint density at radius 3 is 2.90 bits per heavy atom.